The molecule has 3 rings (SSSR count). The Bertz CT molecular complexity index is 928. The van der Waals surface area contributed by atoms with Crippen LogP contribution in [0.1, 0.15) is 176 Å². The summed E-state index contributed by atoms with van der Waals surface area (Å²) < 4.78 is 6.47. The molecular weight excluding hydrogens is 540 g/mol. The van der Waals surface area contributed by atoms with E-state index in [1.807, 2.05) is 0 Å². The third-order valence-corrected chi connectivity index (χ3v) is 11.6. The van der Waals surface area contributed by atoms with Crippen molar-refractivity contribution in [3.63, 3.8) is 0 Å². The topological polar surface area (TPSA) is 46.5 Å². The van der Waals surface area contributed by atoms with Gasteiger partial charge in [0.05, 0.1) is 6.10 Å². The van der Waals surface area contributed by atoms with Crippen molar-refractivity contribution in [3.05, 3.63) is 35.5 Å². The minimum absolute atomic E-state index is 0.0277. The highest BCUT2D eigenvalue weighted by atomic mass is 16.5. The predicted molar refractivity (Wildman–Crippen MR) is 188 cm³/mol. The van der Waals surface area contributed by atoms with Crippen molar-refractivity contribution >= 4 is 5.97 Å². The molecule has 3 heteroatoms. The first-order chi connectivity index (χ1) is 21.2. The largest absolute Gasteiger partial charge is 0.462 e. The standard InChI is InChI=1S/C41H70O3/c1-7-8-9-10-11-12-13-14-15-16-17-23-39(43)44-38-30-37-34(25-26-35-29-36(42)27-24-32(35)4)22-19-28-41(37,6)40(38)33(5)21-18-20-31(2)3/h25-26,31,33,36-38,40,42H,4,7-24,27-30H2,1-3,5-6H3/b34-25+,35-26+/t33-,36+,37+,38?,40+,41-/m1/s1. The quantitative estimate of drug-likeness (QED) is 0.117. The molecule has 0 aliphatic heterocycles. The van der Waals surface area contributed by atoms with E-state index in [1.54, 1.807) is 0 Å². The number of fused-ring (bicyclic) bond motifs is 1. The highest BCUT2D eigenvalue weighted by molar-refractivity contribution is 5.69. The molecule has 0 aromatic carbocycles. The van der Waals surface area contributed by atoms with Crippen molar-refractivity contribution in [2.24, 2.45) is 29.1 Å². The molecular formula is C41H70O3. The van der Waals surface area contributed by atoms with Crippen molar-refractivity contribution in [2.75, 3.05) is 0 Å². The number of aliphatic hydroxyl groups excluding tert-OH is 1. The highest BCUT2D eigenvalue weighted by Gasteiger charge is 2.56. The lowest BCUT2D eigenvalue weighted by Gasteiger charge is -2.44. The fraction of sp³-hybridized carbons (Fsp3) is 0.829. The number of hydrogen-bond donors (Lipinski definition) is 1. The number of carbonyl (C=O) groups is 1. The van der Waals surface area contributed by atoms with Gasteiger partial charge in [0.1, 0.15) is 6.10 Å². The zero-order valence-corrected chi connectivity index (χ0v) is 29.6. The van der Waals surface area contributed by atoms with Crippen LogP contribution in [0.4, 0.5) is 0 Å². The van der Waals surface area contributed by atoms with Crippen molar-refractivity contribution < 1.29 is 14.6 Å². The molecule has 6 atom stereocenters. The zero-order valence-electron chi connectivity index (χ0n) is 29.6. The Kier molecular flexibility index (Phi) is 16.3. The predicted octanol–water partition coefficient (Wildman–Crippen LogP) is 11.8. The molecule has 1 N–H and O–H groups in total. The van der Waals surface area contributed by atoms with Crippen molar-refractivity contribution in [1.82, 2.24) is 0 Å². The average molecular weight is 611 g/mol. The number of ether oxygens (including phenoxy) is 1. The maximum absolute atomic E-state index is 13.2. The second kappa shape index (κ2) is 19.3. The number of carbonyl (C=O) groups excluding carboxylic acids is 1. The summed E-state index contributed by atoms with van der Waals surface area (Å²) in [5, 5.41) is 10.3. The van der Waals surface area contributed by atoms with Crippen LogP contribution >= 0.6 is 0 Å². The van der Waals surface area contributed by atoms with E-state index >= 15 is 0 Å². The molecule has 44 heavy (non-hydrogen) atoms. The van der Waals surface area contributed by atoms with E-state index in [-0.39, 0.29) is 23.6 Å². The molecule has 0 saturated heterocycles. The Hall–Kier alpha value is -1.35. The molecule has 252 valence electrons. The minimum Gasteiger partial charge on any atom is -0.462 e. The first-order valence-corrected chi connectivity index (χ1v) is 19.1. The van der Waals surface area contributed by atoms with Gasteiger partial charge in [-0.05, 0) is 80.1 Å². The minimum atomic E-state index is -0.242. The highest BCUT2D eigenvalue weighted by Crippen LogP contribution is 2.60. The third kappa shape index (κ3) is 11.5. The fourth-order valence-electron chi connectivity index (χ4n) is 8.99. The molecule has 3 aliphatic rings. The maximum atomic E-state index is 13.2. The van der Waals surface area contributed by atoms with Crippen LogP contribution in [0.25, 0.3) is 0 Å². The summed E-state index contributed by atoms with van der Waals surface area (Å²) in [6.07, 6.45) is 30.0. The van der Waals surface area contributed by atoms with Gasteiger partial charge in [-0.2, -0.15) is 0 Å². The molecule has 0 amide bonds. The van der Waals surface area contributed by atoms with E-state index in [0.717, 1.165) is 50.9 Å². The lowest BCUT2D eigenvalue weighted by Crippen LogP contribution is -2.39. The fourth-order valence-corrected chi connectivity index (χ4v) is 8.99. The van der Waals surface area contributed by atoms with Crippen LogP contribution < -0.4 is 0 Å². The van der Waals surface area contributed by atoms with Crippen LogP contribution in [-0.2, 0) is 9.53 Å². The lowest BCUT2D eigenvalue weighted by atomic mass is 9.60. The Morgan fingerprint density at radius 1 is 0.955 bits per heavy atom. The van der Waals surface area contributed by atoms with Crippen molar-refractivity contribution in [1.29, 1.82) is 0 Å². The molecule has 0 bridgehead atoms. The molecule has 3 fully saturated rings. The van der Waals surface area contributed by atoms with Crippen LogP contribution in [-0.4, -0.2) is 23.3 Å². The molecule has 0 radical (unpaired) electrons. The summed E-state index contributed by atoms with van der Waals surface area (Å²) in [6.45, 7) is 16.2. The molecule has 0 aromatic heterocycles. The summed E-state index contributed by atoms with van der Waals surface area (Å²) in [5.74, 6) is 2.21. The normalized spacial score (nSPS) is 29.8. The second-order valence-corrected chi connectivity index (χ2v) is 15.7. The SMILES string of the molecule is C=C1CC[C@H](O)C/C1=C\C=C1/CCC[C@@]2(C)[C@@H]([C@H](C)CCCC(C)C)C(OC(=O)CCCCCCCCCCCCC)C[C@@H]12. The molecule has 1 unspecified atom stereocenters. The van der Waals surface area contributed by atoms with Gasteiger partial charge in [0.25, 0.3) is 0 Å². The van der Waals surface area contributed by atoms with Gasteiger partial charge >= 0.3 is 5.97 Å². The molecule has 3 saturated carbocycles. The van der Waals surface area contributed by atoms with Gasteiger partial charge < -0.3 is 9.84 Å². The Labute approximate surface area is 272 Å². The average Bonchev–Trinajstić information content (AvgIpc) is 3.27. The maximum Gasteiger partial charge on any atom is 0.306 e. The Balaban J connectivity index is 1.59. The van der Waals surface area contributed by atoms with Gasteiger partial charge in [-0.15, -0.1) is 0 Å². The number of aliphatic hydroxyl groups is 1. The van der Waals surface area contributed by atoms with E-state index in [0.29, 0.717) is 24.2 Å². The van der Waals surface area contributed by atoms with Crippen LogP contribution in [0.5, 0.6) is 0 Å². The van der Waals surface area contributed by atoms with E-state index in [1.165, 1.54) is 107 Å². The number of unbranched alkanes of at least 4 members (excludes halogenated alkanes) is 10. The summed E-state index contributed by atoms with van der Waals surface area (Å²) in [7, 11) is 0. The van der Waals surface area contributed by atoms with Crippen LogP contribution in [0, 0.1) is 29.1 Å². The monoisotopic (exact) mass is 611 g/mol. The van der Waals surface area contributed by atoms with Gasteiger partial charge in [-0.3, -0.25) is 4.79 Å². The van der Waals surface area contributed by atoms with Gasteiger partial charge in [0, 0.05) is 12.3 Å². The Morgan fingerprint density at radius 2 is 1.61 bits per heavy atom. The lowest BCUT2D eigenvalue weighted by molar-refractivity contribution is -0.153. The number of hydrogen-bond acceptors (Lipinski definition) is 3. The number of allylic oxidation sites excluding steroid dienone is 4. The smallest absolute Gasteiger partial charge is 0.306 e. The molecule has 0 heterocycles. The van der Waals surface area contributed by atoms with E-state index in [2.05, 4.69) is 53.3 Å². The van der Waals surface area contributed by atoms with Crippen molar-refractivity contribution in [3.8, 4) is 0 Å². The van der Waals surface area contributed by atoms with Gasteiger partial charge in [0.2, 0.25) is 0 Å². The van der Waals surface area contributed by atoms with Gasteiger partial charge in [-0.1, -0.05) is 148 Å². The molecule has 3 aliphatic carbocycles. The van der Waals surface area contributed by atoms with Crippen LogP contribution in [0.3, 0.4) is 0 Å². The van der Waals surface area contributed by atoms with Crippen molar-refractivity contribution in [2.45, 2.75) is 188 Å². The van der Waals surface area contributed by atoms with E-state index < -0.39 is 0 Å². The molecule has 3 nitrogen and oxygen atoms in total. The molecule has 0 spiro atoms. The van der Waals surface area contributed by atoms with Crippen LogP contribution in [0.15, 0.2) is 35.5 Å². The zero-order chi connectivity index (χ0) is 32.0. The third-order valence-electron chi connectivity index (χ3n) is 11.6. The summed E-state index contributed by atoms with van der Waals surface area (Å²) >= 11 is 0. The summed E-state index contributed by atoms with van der Waals surface area (Å²) in [5.41, 5.74) is 4.10. The van der Waals surface area contributed by atoms with Crippen LogP contribution in [0.2, 0.25) is 0 Å². The van der Waals surface area contributed by atoms with Gasteiger partial charge in [-0.25, -0.2) is 0 Å². The van der Waals surface area contributed by atoms with E-state index in [9.17, 15) is 9.90 Å². The second-order valence-electron chi connectivity index (χ2n) is 15.7. The van der Waals surface area contributed by atoms with E-state index in [4.69, 9.17) is 4.74 Å². The Morgan fingerprint density at radius 3 is 2.27 bits per heavy atom. The number of rotatable bonds is 19. The summed E-state index contributed by atoms with van der Waals surface area (Å²) in [6, 6.07) is 0. The molecule has 0 aromatic rings. The first kappa shape index (κ1) is 37.1. The van der Waals surface area contributed by atoms with Gasteiger partial charge in [0.15, 0.2) is 0 Å². The summed E-state index contributed by atoms with van der Waals surface area (Å²) in [4.78, 5) is 13.2. The number of esters is 1. The first-order valence-electron chi connectivity index (χ1n) is 19.1.